The van der Waals surface area contributed by atoms with Crippen LogP contribution in [-0.4, -0.2) is 73.2 Å². The van der Waals surface area contributed by atoms with Crippen LogP contribution in [0.2, 0.25) is 0 Å². The van der Waals surface area contributed by atoms with Crippen molar-refractivity contribution in [3.63, 3.8) is 0 Å². The Kier molecular flexibility index (Phi) is 7.98. The Labute approximate surface area is 147 Å². The van der Waals surface area contributed by atoms with E-state index in [1.165, 1.54) is 25.7 Å². The van der Waals surface area contributed by atoms with Gasteiger partial charge in [-0.3, -0.25) is 9.69 Å². The SMILES string of the molecule is CC1CCCC(NC(=O)CN(C)CC2CCN(CCO)CC2)C1C. The third kappa shape index (κ3) is 6.01. The van der Waals surface area contributed by atoms with Crippen molar-refractivity contribution in [3.05, 3.63) is 0 Å². The van der Waals surface area contributed by atoms with Crippen LogP contribution in [-0.2, 0) is 4.79 Å². The molecule has 24 heavy (non-hydrogen) atoms. The monoisotopic (exact) mass is 339 g/mol. The van der Waals surface area contributed by atoms with Gasteiger partial charge in [-0.05, 0) is 57.2 Å². The van der Waals surface area contributed by atoms with Gasteiger partial charge in [0.1, 0.15) is 0 Å². The molecule has 0 spiro atoms. The second kappa shape index (κ2) is 9.73. The first-order valence-corrected chi connectivity index (χ1v) is 9.80. The Morgan fingerprint density at radius 1 is 1.21 bits per heavy atom. The molecule has 140 valence electrons. The minimum absolute atomic E-state index is 0.182. The van der Waals surface area contributed by atoms with Gasteiger partial charge >= 0.3 is 0 Å². The van der Waals surface area contributed by atoms with E-state index in [0.29, 0.717) is 30.3 Å². The molecule has 5 nitrogen and oxygen atoms in total. The lowest BCUT2D eigenvalue weighted by molar-refractivity contribution is -0.123. The lowest BCUT2D eigenvalue weighted by Crippen LogP contribution is -2.47. The molecule has 1 heterocycles. The van der Waals surface area contributed by atoms with Crippen LogP contribution in [0, 0.1) is 17.8 Å². The van der Waals surface area contributed by atoms with E-state index >= 15 is 0 Å². The van der Waals surface area contributed by atoms with E-state index in [1.807, 2.05) is 0 Å². The summed E-state index contributed by atoms with van der Waals surface area (Å²) in [6, 6.07) is 0.358. The number of carbonyl (C=O) groups is 1. The van der Waals surface area contributed by atoms with Gasteiger partial charge in [-0.25, -0.2) is 0 Å². The average molecular weight is 340 g/mol. The van der Waals surface area contributed by atoms with Crippen LogP contribution in [0.1, 0.15) is 46.0 Å². The summed E-state index contributed by atoms with van der Waals surface area (Å²) in [6.07, 6.45) is 6.00. The first-order valence-electron chi connectivity index (χ1n) is 9.80. The van der Waals surface area contributed by atoms with Crippen molar-refractivity contribution in [2.75, 3.05) is 46.4 Å². The van der Waals surface area contributed by atoms with Gasteiger partial charge in [0.2, 0.25) is 5.91 Å². The van der Waals surface area contributed by atoms with Gasteiger partial charge in [0.05, 0.1) is 13.2 Å². The molecule has 3 atom stereocenters. The van der Waals surface area contributed by atoms with Gasteiger partial charge in [0.25, 0.3) is 0 Å². The van der Waals surface area contributed by atoms with Gasteiger partial charge in [0, 0.05) is 19.1 Å². The van der Waals surface area contributed by atoms with Crippen LogP contribution in [0.3, 0.4) is 0 Å². The number of piperidine rings is 1. The molecule has 1 amide bonds. The minimum atomic E-state index is 0.182. The molecule has 1 aliphatic heterocycles. The van der Waals surface area contributed by atoms with Crippen molar-refractivity contribution < 1.29 is 9.90 Å². The summed E-state index contributed by atoms with van der Waals surface area (Å²) in [7, 11) is 2.06. The van der Waals surface area contributed by atoms with Crippen molar-refractivity contribution in [2.45, 2.75) is 52.0 Å². The summed E-state index contributed by atoms with van der Waals surface area (Å²) in [5, 5.41) is 12.3. The molecule has 0 aromatic carbocycles. The lowest BCUT2D eigenvalue weighted by atomic mass is 9.78. The predicted octanol–water partition coefficient (Wildman–Crippen LogP) is 1.56. The molecule has 0 aromatic rings. The smallest absolute Gasteiger partial charge is 0.234 e. The lowest BCUT2D eigenvalue weighted by Gasteiger charge is -2.35. The third-order valence-corrected chi connectivity index (χ3v) is 6.16. The van der Waals surface area contributed by atoms with Gasteiger partial charge in [0.15, 0.2) is 0 Å². The Bertz CT molecular complexity index is 383. The molecule has 0 aromatic heterocycles. The Balaban J connectivity index is 1.66. The minimum Gasteiger partial charge on any atom is -0.395 e. The number of likely N-dealkylation sites (N-methyl/N-ethyl adjacent to an activating group) is 1. The van der Waals surface area contributed by atoms with Gasteiger partial charge in [-0.15, -0.1) is 0 Å². The molecule has 2 fully saturated rings. The van der Waals surface area contributed by atoms with Crippen molar-refractivity contribution in [3.8, 4) is 0 Å². The molecular weight excluding hydrogens is 302 g/mol. The highest BCUT2D eigenvalue weighted by molar-refractivity contribution is 5.78. The second-order valence-corrected chi connectivity index (χ2v) is 8.15. The highest BCUT2D eigenvalue weighted by atomic mass is 16.3. The zero-order chi connectivity index (χ0) is 17.5. The maximum absolute atomic E-state index is 12.4. The summed E-state index contributed by atoms with van der Waals surface area (Å²) in [5.74, 6) is 2.15. The number of nitrogens with zero attached hydrogens (tertiary/aromatic N) is 2. The molecule has 2 rings (SSSR count). The molecular formula is C19H37N3O2. The maximum Gasteiger partial charge on any atom is 0.234 e. The number of aliphatic hydroxyl groups is 1. The quantitative estimate of drug-likeness (QED) is 0.739. The number of rotatable bonds is 7. The molecule has 3 unspecified atom stereocenters. The van der Waals surface area contributed by atoms with Crippen LogP contribution in [0.15, 0.2) is 0 Å². The summed E-state index contributed by atoms with van der Waals surface area (Å²) in [5.41, 5.74) is 0. The van der Waals surface area contributed by atoms with E-state index < -0.39 is 0 Å². The largest absolute Gasteiger partial charge is 0.395 e. The van der Waals surface area contributed by atoms with Gasteiger partial charge in [-0.2, -0.15) is 0 Å². The number of carbonyl (C=O) groups excluding carboxylic acids is 1. The Hall–Kier alpha value is -0.650. The summed E-state index contributed by atoms with van der Waals surface area (Å²) in [4.78, 5) is 16.9. The first kappa shape index (κ1) is 19.7. The van der Waals surface area contributed by atoms with Gasteiger partial charge in [-0.1, -0.05) is 26.7 Å². The standard InChI is InChI=1S/C19H37N3O2/c1-15-5-4-6-18(16(15)2)20-19(24)14-21(3)13-17-7-9-22(10-8-17)11-12-23/h15-18,23H,4-14H2,1-3H3,(H,20,24). The molecule has 0 radical (unpaired) electrons. The molecule has 2 aliphatic rings. The fraction of sp³-hybridized carbons (Fsp3) is 0.947. The van der Waals surface area contributed by atoms with E-state index in [-0.39, 0.29) is 12.5 Å². The molecule has 1 saturated heterocycles. The van der Waals surface area contributed by atoms with E-state index in [9.17, 15) is 4.79 Å². The maximum atomic E-state index is 12.4. The van der Waals surface area contributed by atoms with Crippen LogP contribution in [0.25, 0.3) is 0 Å². The molecule has 5 heteroatoms. The highest BCUT2D eigenvalue weighted by Gasteiger charge is 2.28. The fourth-order valence-electron chi connectivity index (χ4n) is 4.32. The Morgan fingerprint density at radius 2 is 1.92 bits per heavy atom. The summed E-state index contributed by atoms with van der Waals surface area (Å²) in [6.45, 7) is 9.28. The van der Waals surface area contributed by atoms with Crippen LogP contribution < -0.4 is 5.32 Å². The van der Waals surface area contributed by atoms with Crippen LogP contribution >= 0.6 is 0 Å². The number of likely N-dealkylation sites (tertiary alicyclic amines) is 1. The normalized spacial score (nSPS) is 29.8. The summed E-state index contributed by atoms with van der Waals surface area (Å²) >= 11 is 0. The zero-order valence-electron chi connectivity index (χ0n) is 15.8. The second-order valence-electron chi connectivity index (χ2n) is 8.15. The van der Waals surface area contributed by atoms with E-state index in [2.05, 4.69) is 36.0 Å². The van der Waals surface area contributed by atoms with E-state index in [0.717, 1.165) is 32.6 Å². The number of amides is 1. The third-order valence-electron chi connectivity index (χ3n) is 6.16. The van der Waals surface area contributed by atoms with Crippen molar-refractivity contribution in [1.29, 1.82) is 0 Å². The number of hydrogen-bond acceptors (Lipinski definition) is 4. The van der Waals surface area contributed by atoms with Crippen molar-refractivity contribution >= 4 is 5.91 Å². The van der Waals surface area contributed by atoms with Crippen LogP contribution in [0.4, 0.5) is 0 Å². The number of aliphatic hydroxyl groups excluding tert-OH is 1. The number of β-amino-alcohol motifs (C(OH)–C–C–N with tert-alkyl or cyclic N) is 1. The first-order chi connectivity index (χ1) is 11.5. The predicted molar refractivity (Wildman–Crippen MR) is 97.9 cm³/mol. The molecule has 1 saturated carbocycles. The topological polar surface area (TPSA) is 55.8 Å². The van der Waals surface area contributed by atoms with E-state index in [4.69, 9.17) is 5.11 Å². The van der Waals surface area contributed by atoms with Crippen molar-refractivity contribution in [2.24, 2.45) is 17.8 Å². The Morgan fingerprint density at radius 3 is 2.58 bits per heavy atom. The zero-order valence-corrected chi connectivity index (χ0v) is 15.8. The highest BCUT2D eigenvalue weighted by Crippen LogP contribution is 2.29. The molecule has 0 bridgehead atoms. The van der Waals surface area contributed by atoms with Gasteiger partial charge < -0.3 is 15.3 Å². The summed E-state index contributed by atoms with van der Waals surface area (Å²) < 4.78 is 0. The fourth-order valence-corrected chi connectivity index (χ4v) is 4.32. The average Bonchev–Trinajstić information content (AvgIpc) is 2.54. The molecule has 1 aliphatic carbocycles. The van der Waals surface area contributed by atoms with Crippen molar-refractivity contribution in [1.82, 2.24) is 15.1 Å². The van der Waals surface area contributed by atoms with E-state index in [1.54, 1.807) is 0 Å². The number of hydrogen-bond donors (Lipinski definition) is 2. The number of nitrogens with one attached hydrogen (secondary N) is 1. The van der Waals surface area contributed by atoms with Crippen LogP contribution in [0.5, 0.6) is 0 Å². The molecule has 2 N–H and O–H groups in total.